The molecule has 1 aromatic carbocycles. The highest BCUT2D eigenvalue weighted by atomic mass is 19.1. The van der Waals surface area contributed by atoms with Crippen molar-refractivity contribution < 1.29 is 18.7 Å². The minimum atomic E-state index is -0.495. The van der Waals surface area contributed by atoms with Crippen molar-refractivity contribution in [1.29, 1.82) is 0 Å². The van der Waals surface area contributed by atoms with Crippen LogP contribution in [0.15, 0.2) is 33.8 Å². The Hall–Kier alpha value is -2.63. The normalized spacial score (nSPS) is 11.5. The molecule has 0 aliphatic carbocycles. The fraction of sp³-hybridized carbons (Fsp3) is 0.200. The van der Waals surface area contributed by atoms with Gasteiger partial charge >= 0.3 is 0 Å². The van der Waals surface area contributed by atoms with E-state index in [-0.39, 0.29) is 11.3 Å². The molecule has 2 aromatic rings. The van der Waals surface area contributed by atoms with E-state index in [4.69, 9.17) is 4.42 Å². The lowest BCUT2D eigenvalue weighted by Gasteiger charge is -2.05. The Labute approximate surface area is 121 Å². The van der Waals surface area contributed by atoms with Gasteiger partial charge < -0.3 is 9.52 Å². The summed E-state index contributed by atoms with van der Waals surface area (Å²) in [6.07, 6.45) is 0. The molecule has 0 radical (unpaired) electrons. The number of hydrazone groups is 1. The van der Waals surface area contributed by atoms with E-state index >= 15 is 0 Å². The fourth-order valence-electron chi connectivity index (χ4n) is 1.91. The molecule has 2 rings (SSSR count). The first-order chi connectivity index (χ1) is 9.88. The van der Waals surface area contributed by atoms with Crippen LogP contribution in [0.4, 0.5) is 4.39 Å². The number of phenolic OH excluding ortho intramolecular Hbond substituents is 1. The van der Waals surface area contributed by atoms with E-state index in [0.717, 1.165) is 12.1 Å². The summed E-state index contributed by atoms with van der Waals surface area (Å²) in [5.41, 5.74) is 3.24. The zero-order valence-electron chi connectivity index (χ0n) is 11.9. The highest BCUT2D eigenvalue weighted by Crippen LogP contribution is 2.18. The molecule has 0 spiro atoms. The van der Waals surface area contributed by atoms with Crippen LogP contribution in [0.3, 0.4) is 0 Å². The number of hydrogen-bond donors (Lipinski definition) is 2. The Morgan fingerprint density at radius 2 is 2.00 bits per heavy atom. The number of furan rings is 1. The molecule has 1 amide bonds. The largest absolute Gasteiger partial charge is 0.507 e. The molecule has 110 valence electrons. The van der Waals surface area contributed by atoms with Crippen molar-refractivity contribution in [3.05, 3.63) is 52.7 Å². The second kappa shape index (κ2) is 5.78. The second-order valence-electron chi connectivity index (χ2n) is 4.63. The van der Waals surface area contributed by atoms with Crippen molar-refractivity contribution in [3.8, 4) is 5.75 Å². The minimum Gasteiger partial charge on any atom is -0.507 e. The van der Waals surface area contributed by atoms with Gasteiger partial charge in [-0.2, -0.15) is 5.10 Å². The summed E-state index contributed by atoms with van der Waals surface area (Å²) in [5.74, 6) is 0.0828. The molecule has 21 heavy (non-hydrogen) atoms. The van der Waals surface area contributed by atoms with E-state index in [1.165, 1.54) is 6.07 Å². The van der Waals surface area contributed by atoms with Gasteiger partial charge in [-0.05, 0) is 45.0 Å². The molecule has 1 aromatic heterocycles. The van der Waals surface area contributed by atoms with Crippen LogP contribution < -0.4 is 5.43 Å². The van der Waals surface area contributed by atoms with Crippen LogP contribution in [-0.4, -0.2) is 16.7 Å². The maximum absolute atomic E-state index is 13.2. The van der Waals surface area contributed by atoms with Crippen LogP contribution in [0.5, 0.6) is 5.75 Å². The zero-order valence-corrected chi connectivity index (χ0v) is 11.9. The Balaban J connectivity index is 2.19. The molecule has 0 saturated heterocycles. The van der Waals surface area contributed by atoms with Gasteiger partial charge in [0.15, 0.2) is 0 Å². The third-order valence-corrected chi connectivity index (χ3v) is 2.96. The first kappa shape index (κ1) is 14.8. The Kier molecular flexibility index (Phi) is 4.07. The van der Waals surface area contributed by atoms with E-state index in [1.54, 1.807) is 26.8 Å². The number of aromatic hydroxyl groups is 1. The van der Waals surface area contributed by atoms with Gasteiger partial charge in [-0.15, -0.1) is 0 Å². The quantitative estimate of drug-likeness (QED) is 0.674. The van der Waals surface area contributed by atoms with Crippen molar-refractivity contribution in [3.63, 3.8) is 0 Å². The molecule has 0 saturated carbocycles. The van der Waals surface area contributed by atoms with Gasteiger partial charge in [0.2, 0.25) is 0 Å². The van der Waals surface area contributed by atoms with Crippen molar-refractivity contribution in [1.82, 2.24) is 5.43 Å². The molecule has 2 N–H and O–H groups in total. The Morgan fingerprint density at radius 1 is 1.29 bits per heavy atom. The number of carbonyl (C=O) groups is 1. The van der Waals surface area contributed by atoms with Crippen LogP contribution in [0.1, 0.15) is 34.4 Å². The van der Waals surface area contributed by atoms with Gasteiger partial charge in [0.25, 0.3) is 5.91 Å². The van der Waals surface area contributed by atoms with Gasteiger partial charge in [-0.25, -0.2) is 9.82 Å². The molecular weight excluding hydrogens is 275 g/mol. The number of phenols is 1. The van der Waals surface area contributed by atoms with Crippen molar-refractivity contribution >= 4 is 11.6 Å². The minimum absolute atomic E-state index is 0.109. The molecular formula is C15H15FN2O3. The Bertz CT molecular complexity index is 720. The molecule has 0 atom stereocenters. The summed E-state index contributed by atoms with van der Waals surface area (Å²) >= 11 is 0. The fourth-order valence-corrected chi connectivity index (χ4v) is 1.91. The number of benzene rings is 1. The van der Waals surface area contributed by atoms with E-state index in [0.29, 0.717) is 22.8 Å². The van der Waals surface area contributed by atoms with Crippen molar-refractivity contribution in [2.75, 3.05) is 0 Å². The van der Waals surface area contributed by atoms with Crippen LogP contribution >= 0.6 is 0 Å². The van der Waals surface area contributed by atoms with E-state index in [1.807, 2.05) is 0 Å². The van der Waals surface area contributed by atoms with Gasteiger partial charge in [0, 0.05) is 5.56 Å². The monoisotopic (exact) mass is 290 g/mol. The van der Waals surface area contributed by atoms with Crippen LogP contribution in [0.2, 0.25) is 0 Å². The molecule has 0 aliphatic rings. The molecule has 0 unspecified atom stereocenters. The maximum Gasteiger partial charge on any atom is 0.274 e. The molecule has 0 fully saturated rings. The lowest BCUT2D eigenvalue weighted by atomic mass is 10.1. The lowest BCUT2D eigenvalue weighted by molar-refractivity contribution is 0.0953. The highest BCUT2D eigenvalue weighted by Gasteiger charge is 2.13. The summed E-state index contributed by atoms with van der Waals surface area (Å²) in [6, 6.07) is 5.13. The number of halogens is 1. The van der Waals surface area contributed by atoms with Gasteiger partial charge in [-0.1, -0.05) is 0 Å². The third-order valence-electron chi connectivity index (χ3n) is 2.96. The Morgan fingerprint density at radius 3 is 2.62 bits per heavy atom. The van der Waals surface area contributed by atoms with Gasteiger partial charge in [-0.3, -0.25) is 4.79 Å². The first-order valence-electron chi connectivity index (χ1n) is 6.29. The second-order valence-corrected chi connectivity index (χ2v) is 4.63. The smallest absolute Gasteiger partial charge is 0.274 e. The average Bonchev–Trinajstić information content (AvgIpc) is 2.77. The number of rotatable bonds is 3. The topological polar surface area (TPSA) is 74.8 Å². The molecule has 0 bridgehead atoms. The summed E-state index contributed by atoms with van der Waals surface area (Å²) in [4.78, 5) is 12.0. The van der Waals surface area contributed by atoms with Crippen molar-refractivity contribution in [2.24, 2.45) is 5.10 Å². The summed E-state index contributed by atoms with van der Waals surface area (Å²) in [7, 11) is 0. The SMILES string of the molecule is C/C(=N\NC(=O)c1cc(C)oc1C)c1cc(F)ccc1O. The number of hydrogen-bond acceptors (Lipinski definition) is 4. The molecule has 6 heteroatoms. The predicted molar refractivity (Wildman–Crippen MR) is 75.9 cm³/mol. The van der Waals surface area contributed by atoms with E-state index < -0.39 is 11.7 Å². The maximum atomic E-state index is 13.2. The van der Waals surface area contributed by atoms with Crippen LogP contribution in [-0.2, 0) is 0 Å². The number of nitrogens with one attached hydrogen (secondary N) is 1. The van der Waals surface area contributed by atoms with E-state index in [2.05, 4.69) is 10.5 Å². The summed E-state index contributed by atoms with van der Waals surface area (Å²) < 4.78 is 18.4. The van der Waals surface area contributed by atoms with Crippen LogP contribution in [0.25, 0.3) is 0 Å². The summed E-state index contributed by atoms with van der Waals surface area (Å²) in [6.45, 7) is 4.97. The zero-order chi connectivity index (χ0) is 15.6. The summed E-state index contributed by atoms with van der Waals surface area (Å²) in [5, 5.41) is 13.5. The standard InChI is InChI=1S/C15H15FN2O3/c1-8-6-13(10(3)21-8)15(20)18-17-9(2)12-7-11(16)4-5-14(12)19/h4-7,19H,1-3H3,(H,18,20)/b17-9+. The van der Waals surface area contributed by atoms with Gasteiger partial charge in [0.05, 0.1) is 11.3 Å². The molecule has 0 aliphatic heterocycles. The van der Waals surface area contributed by atoms with Crippen molar-refractivity contribution in [2.45, 2.75) is 20.8 Å². The van der Waals surface area contributed by atoms with Gasteiger partial charge in [0.1, 0.15) is 23.1 Å². The number of nitrogens with zero attached hydrogens (tertiary/aromatic N) is 1. The lowest BCUT2D eigenvalue weighted by Crippen LogP contribution is -2.19. The third kappa shape index (κ3) is 3.28. The average molecular weight is 290 g/mol. The van der Waals surface area contributed by atoms with E-state index in [9.17, 15) is 14.3 Å². The highest BCUT2D eigenvalue weighted by molar-refractivity contribution is 6.02. The molecule has 1 heterocycles. The predicted octanol–water partition coefficient (Wildman–Crippen LogP) is 2.90. The number of aryl methyl sites for hydroxylation is 2. The van der Waals surface area contributed by atoms with Crippen LogP contribution in [0, 0.1) is 19.7 Å². The number of amides is 1. The first-order valence-corrected chi connectivity index (χ1v) is 6.29. The molecule has 5 nitrogen and oxygen atoms in total. The number of carbonyl (C=O) groups excluding carboxylic acids is 1.